The van der Waals surface area contributed by atoms with Gasteiger partial charge in [-0.05, 0) is 0 Å². The average Bonchev–Trinajstić information content (AvgIpc) is 0.722. The molecule has 0 unspecified atom stereocenters. The van der Waals surface area contributed by atoms with Crippen molar-refractivity contribution in [3.63, 3.8) is 0 Å². The van der Waals surface area contributed by atoms with Crippen LogP contribution in [-0.2, 0) is 0 Å². The van der Waals surface area contributed by atoms with E-state index in [9.17, 15) is 0 Å². The SMILES string of the molecule is CC(C)(C)Br.[H-].[H-].[Mg+2]. The van der Waals surface area contributed by atoms with Crippen molar-refractivity contribution in [2.24, 2.45) is 0 Å². The van der Waals surface area contributed by atoms with Crippen molar-refractivity contribution in [2.75, 3.05) is 0 Å². The molecule has 0 atom stereocenters. The molecule has 0 saturated carbocycles. The third-order valence-electron chi connectivity index (χ3n) is 0. The Bertz CT molecular complexity index is 29.5. The molecule has 0 amide bonds. The Labute approximate surface area is 66.9 Å². The normalized spacial score (nSPS) is 10.0. The van der Waals surface area contributed by atoms with E-state index in [1.807, 2.05) is 0 Å². The third-order valence-corrected chi connectivity index (χ3v) is 0. The van der Waals surface area contributed by atoms with Crippen molar-refractivity contribution in [1.29, 1.82) is 0 Å². The molecule has 6 heavy (non-hydrogen) atoms. The minimum absolute atomic E-state index is 0. The van der Waals surface area contributed by atoms with Gasteiger partial charge in [0.05, 0.1) is 0 Å². The summed E-state index contributed by atoms with van der Waals surface area (Å²) in [6.07, 6.45) is 0. The number of rotatable bonds is 0. The summed E-state index contributed by atoms with van der Waals surface area (Å²) in [6.45, 7) is 6.31. The van der Waals surface area contributed by atoms with Gasteiger partial charge in [0, 0.05) is 4.32 Å². The Morgan fingerprint density at radius 1 is 1.33 bits per heavy atom. The molecule has 2 heteroatoms. The fourth-order valence-electron chi connectivity index (χ4n) is 0. The Kier molecular flexibility index (Phi) is 5.61. The molecule has 0 fully saturated rings. The standard InChI is InChI=1S/C4H9Br.Mg.2H/c1-4(2,3)5;;;/h1-3H3;;;/q;+2;2*-1. The second-order valence-electron chi connectivity index (χ2n) is 2.07. The zero-order valence-corrected chi connectivity index (χ0v) is 7.59. The fourth-order valence-corrected chi connectivity index (χ4v) is 0. The van der Waals surface area contributed by atoms with Crippen LogP contribution in [0.15, 0.2) is 0 Å². The first kappa shape index (κ1) is 10.3. The van der Waals surface area contributed by atoms with Gasteiger partial charge in [-0.25, -0.2) is 0 Å². The van der Waals surface area contributed by atoms with E-state index in [0.29, 0.717) is 4.32 Å². The summed E-state index contributed by atoms with van der Waals surface area (Å²) in [6, 6.07) is 0. The second-order valence-corrected chi connectivity index (χ2v) is 4.45. The molecule has 0 aromatic carbocycles. The fraction of sp³-hybridized carbons (Fsp3) is 1.00. The van der Waals surface area contributed by atoms with Crippen LogP contribution in [0.3, 0.4) is 0 Å². The van der Waals surface area contributed by atoms with Crippen molar-refractivity contribution < 1.29 is 2.85 Å². The van der Waals surface area contributed by atoms with Gasteiger partial charge in [0.25, 0.3) is 0 Å². The maximum Gasteiger partial charge on any atom is 2.00 e. The van der Waals surface area contributed by atoms with Crippen molar-refractivity contribution in [3.05, 3.63) is 0 Å². The topological polar surface area (TPSA) is 0 Å². The minimum atomic E-state index is 0. The van der Waals surface area contributed by atoms with Crippen molar-refractivity contribution in [3.8, 4) is 0 Å². The Hall–Kier alpha value is 1.25. The smallest absolute Gasteiger partial charge is 1.00 e. The maximum atomic E-state index is 3.38. The predicted molar refractivity (Wildman–Crippen MR) is 36.7 cm³/mol. The quantitative estimate of drug-likeness (QED) is 0.379. The summed E-state index contributed by atoms with van der Waals surface area (Å²) in [7, 11) is 0. The van der Waals surface area contributed by atoms with E-state index in [1.54, 1.807) is 0 Å². The molecule has 0 nitrogen and oxygen atoms in total. The molecule has 0 aromatic heterocycles. The first-order valence-corrected chi connectivity index (χ1v) is 2.48. The molecule has 0 saturated heterocycles. The van der Waals surface area contributed by atoms with Gasteiger partial charge in [-0.1, -0.05) is 36.7 Å². The van der Waals surface area contributed by atoms with Gasteiger partial charge < -0.3 is 2.85 Å². The molecule has 0 aliphatic carbocycles. The van der Waals surface area contributed by atoms with Crippen molar-refractivity contribution in [1.82, 2.24) is 0 Å². The molecule has 0 aromatic rings. The Balaban J connectivity index is -0.0000000267. The van der Waals surface area contributed by atoms with Gasteiger partial charge in [0.1, 0.15) is 0 Å². The van der Waals surface area contributed by atoms with Crippen LogP contribution < -0.4 is 0 Å². The van der Waals surface area contributed by atoms with Crippen LogP contribution in [0.1, 0.15) is 23.6 Å². The summed E-state index contributed by atoms with van der Waals surface area (Å²) in [5.41, 5.74) is 0. The summed E-state index contributed by atoms with van der Waals surface area (Å²) in [5.74, 6) is 0. The first-order valence-electron chi connectivity index (χ1n) is 1.69. The van der Waals surface area contributed by atoms with E-state index in [0.717, 1.165) is 0 Å². The van der Waals surface area contributed by atoms with Crippen molar-refractivity contribution in [2.45, 2.75) is 25.1 Å². The molecular formula is C4H11BrMg. The largest absolute Gasteiger partial charge is 2.00 e. The van der Waals surface area contributed by atoms with Crippen molar-refractivity contribution >= 4 is 39.0 Å². The zero-order valence-electron chi connectivity index (χ0n) is 6.59. The van der Waals surface area contributed by atoms with Crippen LogP contribution in [-0.4, -0.2) is 27.4 Å². The zero-order chi connectivity index (χ0) is 4.50. The molecule has 0 bridgehead atoms. The van der Waals surface area contributed by atoms with Gasteiger partial charge >= 0.3 is 23.1 Å². The first-order chi connectivity index (χ1) is 2.00. The van der Waals surface area contributed by atoms with Crippen LogP contribution in [0.25, 0.3) is 0 Å². The van der Waals surface area contributed by atoms with Gasteiger partial charge in [-0.15, -0.1) is 0 Å². The van der Waals surface area contributed by atoms with Crippen LogP contribution in [0, 0.1) is 0 Å². The average molecular weight is 163 g/mol. The van der Waals surface area contributed by atoms with Crippen LogP contribution >= 0.6 is 15.9 Å². The molecule has 0 spiro atoms. The number of hydrogen-bond acceptors (Lipinski definition) is 0. The van der Waals surface area contributed by atoms with Gasteiger partial charge in [0.15, 0.2) is 0 Å². The molecule has 0 N–H and O–H groups in total. The molecule has 0 aliphatic rings. The van der Waals surface area contributed by atoms with Gasteiger partial charge in [-0.2, -0.15) is 0 Å². The predicted octanol–water partition coefficient (Wildman–Crippen LogP) is 2.02. The molecular weight excluding hydrogens is 152 g/mol. The summed E-state index contributed by atoms with van der Waals surface area (Å²) in [4.78, 5) is 0. The molecule has 0 aliphatic heterocycles. The molecule has 36 valence electrons. The maximum absolute atomic E-state index is 3.38. The third kappa shape index (κ3) is 60.9. The van der Waals surface area contributed by atoms with Crippen LogP contribution in [0.4, 0.5) is 0 Å². The number of halogens is 1. The molecule has 0 heterocycles. The van der Waals surface area contributed by atoms with E-state index in [4.69, 9.17) is 0 Å². The summed E-state index contributed by atoms with van der Waals surface area (Å²) in [5, 5.41) is 0. The van der Waals surface area contributed by atoms with E-state index >= 15 is 0 Å². The Morgan fingerprint density at radius 2 is 1.33 bits per heavy atom. The van der Waals surface area contributed by atoms with E-state index in [2.05, 4.69) is 36.7 Å². The molecule has 0 rings (SSSR count). The second kappa shape index (κ2) is 3.27. The summed E-state index contributed by atoms with van der Waals surface area (Å²) < 4.78 is 0.312. The number of alkyl halides is 1. The minimum Gasteiger partial charge on any atom is -1.00 e. The Morgan fingerprint density at radius 3 is 1.33 bits per heavy atom. The number of hydrogen-bond donors (Lipinski definition) is 0. The van der Waals surface area contributed by atoms with Gasteiger partial charge in [-0.3, -0.25) is 0 Å². The van der Waals surface area contributed by atoms with E-state index in [1.165, 1.54) is 0 Å². The monoisotopic (exact) mass is 162 g/mol. The van der Waals surface area contributed by atoms with E-state index in [-0.39, 0.29) is 25.9 Å². The van der Waals surface area contributed by atoms with Gasteiger partial charge in [0.2, 0.25) is 0 Å². The van der Waals surface area contributed by atoms with Crippen LogP contribution in [0.5, 0.6) is 0 Å². The molecule has 0 radical (unpaired) electrons. The van der Waals surface area contributed by atoms with Crippen LogP contribution in [0.2, 0.25) is 0 Å². The van der Waals surface area contributed by atoms with E-state index < -0.39 is 0 Å². The summed E-state index contributed by atoms with van der Waals surface area (Å²) >= 11 is 3.38.